The van der Waals surface area contributed by atoms with Crippen molar-refractivity contribution in [3.8, 4) is 11.2 Å². The first-order chi connectivity index (χ1) is 11.6. The third-order valence-corrected chi connectivity index (χ3v) is 5.00. The number of anilines is 2. The lowest BCUT2D eigenvalue weighted by Gasteiger charge is -2.07. The van der Waals surface area contributed by atoms with Crippen molar-refractivity contribution in [1.82, 2.24) is 4.98 Å². The molecule has 1 aromatic carbocycles. The van der Waals surface area contributed by atoms with E-state index in [2.05, 4.69) is 21.5 Å². The van der Waals surface area contributed by atoms with E-state index in [4.69, 9.17) is 0 Å². The predicted molar refractivity (Wildman–Crippen MR) is 105 cm³/mol. The van der Waals surface area contributed by atoms with Crippen LogP contribution in [0.3, 0.4) is 0 Å². The molecule has 2 heterocycles. The van der Waals surface area contributed by atoms with Gasteiger partial charge in [-0.2, -0.15) is 0 Å². The van der Waals surface area contributed by atoms with Crippen molar-refractivity contribution >= 4 is 68.3 Å². The highest BCUT2D eigenvalue weighted by Crippen LogP contribution is 2.36. The lowest BCUT2D eigenvalue weighted by molar-refractivity contribution is 0.0700. The summed E-state index contributed by atoms with van der Waals surface area (Å²) in [5.74, 6) is 1.23. The molecule has 0 aliphatic rings. The summed E-state index contributed by atoms with van der Waals surface area (Å²) in [6.07, 6.45) is 1.59. The molecule has 2 N–H and O–H groups in total. The molecule has 0 saturated heterocycles. The molecule has 8 heteroatoms. The smallest absolute Gasteiger partial charge is 0.339 e. The Balaban J connectivity index is 2.01. The quantitative estimate of drug-likeness (QED) is 0.404. The van der Waals surface area contributed by atoms with Crippen LogP contribution in [0.4, 0.5) is 15.1 Å². The highest BCUT2D eigenvalue weighted by Gasteiger charge is 2.19. The van der Waals surface area contributed by atoms with E-state index in [0.29, 0.717) is 20.8 Å². The molecule has 4 nitrogen and oxygen atoms in total. The summed E-state index contributed by atoms with van der Waals surface area (Å²) >= 11 is 3.21. The molecule has 0 unspecified atom stereocenters. The number of aromatic carboxylic acids is 1. The molecule has 24 heavy (non-hydrogen) atoms. The molecule has 0 aliphatic heterocycles. The van der Waals surface area contributed by atoms with Gasteiger partial charge in [-0.25, -0.2) is 14.2 Å². The molecule has 0 saturated carbocycles. The van der Waals surface area contributed by atoms with Gasteiger partial charge in [-0.3, -0.25) is 0 Å². The van der Waals surface area contributed by atoms with Gasteiger partial charge in [0.2, 0.25) is 0 Å². The Morgan fingerprint density at radius 3 is 2.96 bits per heavy atom. The molecular weight excluding hydrogens is 462 g/mol. The van der Waals surface area contributed by atoms with E-state index in [0.717, 1.165) is 0 Å². The number of hydrogen-bond donors (Lipinski definition) is 2. The summed E-state index contributed by atoms with van der Waals surface area (Å²) in [5, 5.41) is 16.0. The van der Waals surface area contributed by atoms with Crippen LogP contribution >= 0.6 is 41.5 Å². The fraction of sp³-hybridized carbons (Fsp3) is 0. The number of carboxylic acid groups (broad SMARTS) is 1. The molecule has 0 aliphatic carbocycles. The molecule has 0 amide bonds. The summed E-state index contributed by atoms with van der Waals surface area (Å²) in [5.41, 5.74) is 0.836. The van der Waals surface area contributed by atoms with E-state index < -0.39 is 11.8 Å². The first-order valence-electron chi connectivity index (χ1n) is 6.56. The molecule has 0 spiro atoms. The largest absolute Gasteiger partial charge is 0.478 e. The van der Waals surface area contributed by atoms with Crippen molar-refractivity contribution in [3.05, 3.63) is 53.5 Å². The van der Waals surface area contributed by atoms with E-state index in [9.17, 15) is 14.3 Å². The Kier molecular flexibility index (Phi) is 5.23. The van der Waals surface area contributed by atoms with Gasteiger partial charge < -0.3 is 10.4 Å². The van der Waals surface area contributed by atoms with Gasteiger partial charge in [0, 0.05) is 38.4 Å². The van der Waals surface area contributed by atoms with Crippen LogP contribution in [0.25, 0.3) is 10.2 Å². The molecule has 0 fully saturated rings. The number of benzene rings is 1. The van der Waals surface area contributed by atoms with E-state index in [1.807, 2.05) is 21.2 Å². The second kappa shape index (κ2) is 7.38. The van der Waals surface area contributed by atoms with Gasteiger partial charge >= 0.3 is 5.97 Å². The number of halogens is 2. The molecule has 3 rings (SSSR count). The Morgan fingerprint density at radius 1 is 1.42 bits per heavy atom. The van der Waals surface area contributed by atoms with Gasteiger partial charge in [0.25, 0.3) is 0 Å². The van der Waals surface area contributed by atoms with Crippen LogP contribution in [0, 0.1) is 17.0 Å². The maximum Gasteiger partial charge on any atom is 0.339 e. The van der Waals surface area contributed by atoms with Crippen LogP contribution in [-0.4, -0.2) is 16.1 Å². The Labute approximate surface area is 157 Å². The number of nitrogens with one attached hydrogen (secondary N) is 1. The number of nitrogens with zero attached hydrogens (tertiary/aromatic N) is 1. The number of carbonyl (C=O) groups is 1. The SMILES string of the molecule is O=C(O)c1c(Nc2ccc(C#CSI)cc2F)sc2ncccc12. The zero-order valence-corrected chi connectivity index (χ0v) is 15.6. The third-order valence-electron chi connectivity index (χ3n) is 3.13. The van der Waals surface area contributed by atoms with E-state index in [-0.39, 0.29) is 11.3 Å². The first-order valence-corrected chi connectivity index (χ1v) is 10.7. The first kappa shape index (κ1) is 17.0. The standard InChI is InChI=1S/C16H8FIN2O2S2/c17-11-8-9(5-7-23-18)3-4-12(11)20-15-13(16(21)22)10-2-1-6-19-14(10)24-15/h1-4,6,8,20H,(H,21,22). The maximum absolute atomic E-state index is 14.3. The minimum atomic E-state index is -1.08. The second-order valence-corrected chi connectivity index (χ2v) is 7.27. The normalized spacial score (nSPS) is 10.2. The number of aromatic nitrogens is 1. The Hall–Kier alpha value is -1.83. The Morgan fingerprint density at radius 2 is 2.25 bits per heavy atom. The third kappa shape index (κ3) is 3.48. The van der Waals surface area contributed by atoms with Crippen molar-refractivity contribution in [2.24, 2.45) is 0 Å². The zero-order valence-electron chi connectivity index (χ0n) is 11.8. The number of fused-ring (bicyclic) bond motifs is 1. The summed E-state index contributed by atoms with van der Waals surface area (Å²) in [7, 11) is 1.32. The van der Waals surface area contributed by atoms with Crippen LogP contribution in [-0.2, 0) is 0 Å². The van der Waals surface area contributed by atoms with Gasteiger partial charge in [0.15, 0.2) is 0 Å². The van der Waals surface area contributed by atoms with Crippen molar-refractivity contribution in [1.29, 1.82) is 0 Å². The number of thiophene rings is 1. The predicted octanol–water partition coefficient (Wildman–Crippen LogP) is 5.27. The van der Waals surface area contributed by atoms with Crippen molar-refractivity contribution in [3.63, 3.8) is 0 Å². The fourth-order valence-electron chi connectivity index (χ4n) is 2.13. The van der Waals surface area contributed by atoms with E-state index in [1.165, 1.54) is 26.3 Å². The van der Waals surface area contributed by atoms with Crippen LogP contribution in [0.1, 0.15) is 15.9 Å². The van der Waals surface area contributed by atoms with Gasteiger partial charge in [-0.15, -0.1) is 0 Å². The van der Waals surface area contributed by atoms with Gasteiger partial charge in [-0.1, -0.05) is 17.3 Å². The van der Waals surface area contributed by atoms with E-state index in [1.54, 1.807) is 30.5 Å². The molecule has 120 valence electrons. The average molecular weight is 470 g/mol. The van der Waals surface area contributed by atoms with Crippen LogP contribution in [0.15, 0.2) is 36.5 Å². The molecule has 0 bridgehead atoms. The monoisotopic (exact) mass is 470 g/mol. The summed E-state index contributed by atoms with van der Waals surface area (Å²) < 4.78 is 14.3. The fourth-order valence-corrected chi connectivity index (χ4v) is 3.66. The van der Waals surface area contributed by atoms with Gasteiger partial charge in [0.05, 0.1) is 5.69 Å². The highest BCUT2D eigenvalue weighted by atomic mass is 127. The minimum Gasteiger partial charge on any atom is -0.478 e. The van der Waals surface area contributed by atoms with Crippen LogP contribution < -0.4 is 5.32 Å². The topological polar surface area (TPSA) is 62.2 Å². The number of carboxylic acids is 1. The highest BCUT2D eigenvalue weighted by molar-refractivity contribution is 14.2. The molecular formula is C16H8FIN2O2S2. The lowest BCUT2D eigenvalue weighted by atomic mass is 10.2. The van der Waals surface area contributed by atoms with Crippen LogP contribution in [0.5, 0.6) is 0 Å². The van der Waals surface area contributed by atoms with Crippen LogP contribution in [0.2, 0.25) is 0 Å². The van der Waals surface area contributed by atoms with Crippen molar-refractivity contribution in [2.75, 3.05) is 5.32 Å². The van der Waals surface area contributed by atoms with Gasteiger partial charge in [0.1, 0.15) is 21.2 Å². The number of pyridine rings is 1. The zero-order chi connectivity index (χ0) is 17.1. The number of hydrogen-bond acceptors (Lipinski definition) is 5. The van der Waals surface area contributed by atoms with Crippen molar-refractivity contribution < 1.29 is 14.3 Å². The minimum absolute atomic E-state index is 0.0904. The lowest BCUT2D eigenvalue weighted by Crippen LogP contribution is -2.01. The molecule has 0 atom stereocenters. The molecule has 3 aromatic rings. The second-order valence-electron chi connectivity index (χ2n) is 4.59. The van der Waals surface area contributed by atoms with Gasteiger partial charge in [-0.05, 0) is 44.5 Å². The van der Waals surface area contributed by atoms with Crippen molar-refractivity contribution in [2.45, 2.75) is 0 Å². The number of rotatable bonds is 3. The Bertz CT molecular complexity index is 995. The average Bonchev–Trinajstić information content (AvgIpc) is 2.93. The summed E-state index contributed by atoms with van der Waals surface area (Å²) in [6.45, 7) is 0. The summed E-state index contributed by atoms with van der Waals surface area (Å²) in [4.78, 5) is 16.3. The maximum atomic E-state index is 14.3. The molecule has 2 aromatic heterocycles. The van der Waals surface area contributed by atoms with E-state index >= 15 is 0 Å². The summed E-state index contributed by atoms with van der Waals surface area (Å²) in [6, 6.07) is 7.89. The molecule has 0 radical (unpaired) electrons.